The van der Waals surface area contributed by atoms with Crippen molar-refractivity contribution in [1.29, 1.82) is 0 Å². The highest BCUT2D eigenvalue weighted by Gasteiger charge is 2.32. The van der Waals surface area contributed by atoms with Gasteiger partial charge in [0.15, 0.2) is 11.6 Å². The zero-order chi connectivity index (χ0) is 17.8. The van der Waals surface area contributed by atoms with Gasteiger partial charge in [-0.15, -0.1) is 12.4 Å². The number of benzene rings is 1. The molecule has 1 amide bonds. The minimum atomic E-state index is -0.361. The third-order valence-corrected chi connectivity index (χ3v) is 5.26. The molecule has 3 rings (SSSR count). The highest BCUT2D eigenvalue weighted by atomic mass is 35.5. The lowest BCUT2D eigenvalue weighted by molar-refractivity contribution is -0.151. The molecule has 1 aliphatic heterocycles. The van der Waals surface area contributed by atoms with Crippen LogP contribution >= 0.6 is 12.4 Å². The van der Waals surface area contributed by atoms with Crippen LogP contribution in [0.15, 0.2) is 18.2 Å². The molecule has 1 unspecified atom stereocenters. The minimum Gasteiger partial charge on any atom is -0.494 e. The van der Waals surface area contributed by atoms with Gasteiger partial charge in [0, 0.05) is 25.2 Å². The SMILES string of the molecule is COc1cc([C@@H](C)NCC2CN(C3CCCC3)C(=O)CO2)ccc1F.Cl. The Hall–Kier alpha value is -1.37. The van der Waals surface area contributed by atoms with Crippen LogP contribution in [0.3, 0.4) is 0 Å². The summed E-state index contributed by atoms with van der Waals surface area (Å²) in [6, 6.07) is 5.31. The molecule has 0 spiro atoms. The Morgan fingerprint density at radius 3 is 2.81 bits per heavy atom. The summed E-state index contributed by atoms with van der Waals surface area (Å²) in [5.74, 6) is -0.00248. The topological polar surface area (TPSA) is 50.8 Å². The van der Waals surface area contributed by atoms with Crippen LogP contribution in [-0.2, 0) is 9.53 Å². The van der Waals surface area contributed by atoms with Crippen LogP contribution in [-0.4, -0.2) is 49.8 Å². The summed E-state index contributed by atoms with van der Waals surface area (Å²) in [6.07, 6.45) is 4.63. The van der Waals surface area contributed by atoms with Gasteiger partial charge in [0.05, 0.1) is 13.2 Å². The number of nitrogens with zero attached hydrogens (tertiary/aromatic N) is 1. The predicted octanol–water partition coefficient (Wildman–Crippen LogP) is 3.08. The van der Waals surface area contributed by atoms with Crippen molar-refractivity contribution in [2.45, 2.75) is 50.8 Å². The van der Waals surface area contributed by atoms with Gasteiger partial charge >= 0.3 is 0 Å². The van der Waals surface area contributed by atoms with Crippen LogP contribution in [0.5, 0.6) is 5.75 Å². The van der Waals surface area contributed by atoms with Gasteiger partial charge in [-0.05, 0) is 37.5 Å². The van der Waals surface area contributed by atoms with Gasteiger partial charge < -0.3 is 19.7 Å². The molecule has 2 aliphatic rings. The molecule has 1 saturated heterocycles. The summed E-state index contributed by atoms with van der Waals surface area (Å²) >= 11 is 0. The van der Waals surface area contributed by atoms with E-state index in [1.807, 2.05) is 11.8 Å². The predicted molar refractivity (Wildman–Crippen MR) is 100 cm³/mol. The number of methoxy groups -OCH3 is 1. The van der Waals surface area contributed by atoms with Gasteiger partial charge in [-0.3, -0.25) is 4.79 Å². The van der Waals surface area contributed by atoms with Crippen LogP contribution < -0.4 is 10.1 Å². The first-order chi connectivity index (χ1) is 12.1. The molecule has 26 heavy (non-hydrogen) atoms. The number of rotatable bonds is 6. The fourth-order valence-corrected chi connectivity index (χ4v) is 3.71. The molecule has 0 aromatic heterocycles. The summed E-state index contributed by atoms with van der Waals surface area (Å²) < 4.78 is 24.3. The van der Waals surface area contributed by atoms with Gasteiger partial charge in [0.2, 0.25) is 5.91 Å². The fourth-order valence-electron chi connectivity index (χ4n) is 3.71. The highest BCUT2D eigenvalue weighted by molar-refractivity contribution is 5.85. The largest absolute Gasteiger partial charge is 0.494 e. The molecule has 1 aromatic carbocycles. The van der Waals surface area contributed by atoms with Crippen molar-refractivity contribution in [2.75, 3.05) is 26.8 Å². The zero-order valence-corrected chi connectivity index (χ0v) is 16.2. The molecule has 7 heteroatoms. The van der Waals surface area contributed by atoms with Crippen molar-refractivity contribution in [1.82, 2.24) is 10.2 Å². The second-order valence-corrected chi connectivity index (χ2v) is 6.94. The van der Waals surface area contributed by atoms with Crippen molar-refractivity contribution >= 4 is 18.3 Å². The summed E-state index contributed by atoms with van der Waals surface area (Å²) in [6.45, 7) is 3.49. The van der Waals surface area contributed by atoms with Crippen LogP contribution in [0.2, 0.25) is 0 Å². The molecule has 0 bridgehead atoms. The quantitative estimate of drug-likeness (QED) is 0.816. The summed E-state index contributed by atoms with van der Waals surface area (Å²) in [5, 5.41) is 3.42. The molecule has 2 fully saturated rings. The van der Waals surface area contributed by atoms with E-state index in [2.05, 4.69) is 5.32 Å². The summed E-state index contributed by atoms with van der Waals surface area (Å²) in [7, 11) is 1.46. The summed E-state index contributed by atoms with van der Waals surface area (Å²) in [4.78, 5) is 14.1. The maximum Gasteiger partial charge on any atom is 0.248 e. The Balaban J connectivity index is 0.00000243. The summed E-state index contributed by atoms with van der Waals surface area (Å²) in [5.41, 5.74) is 0.956. The van der Waals surface area contributed by atoms with Crippen molar-refractivity contribution in [3.8, 4) is 5.75 Å². The van der Waals surface area contributed by atoms with Crippen molar-refractivity contribution in [3.63, 3.8) is 0 Å². The number of hydrogen-bond donors (Lipinski definition) is 1. The molecule has 1 N–H and O–H groups in total. The third-order valence-electron chi connectivity index (χ3n) is 5.26. The normalized spacial score (nSPS) is 22.2. The maximum absolute atomic E-state index is 13.5. The average Bonchev–Trinajstić information content (AvgIpc) is 3.15. The van der Waals surface area contributed by atoms with Gasteiger partial charge in [-0.2, -0.15) is 0 Å². The molecule has 1 saturated carbocycles. The van der Waals surface area contributed by atoms with E-state index in [-0.39, 0.29) is 48.6 Å². The van der Waals surface area contributed by atoms with Crippen LogP contribution in [0.1, 0.15) is 44.2 Å². The lowest BCUT2D eigenvalue weighted by atomic mass is 10.1. The van der Waals surface area contributed by atoms with E-state index in [9.17, 15) is 9.18 Å². The average molecular weight is 387 g/mol. The van der Waals surface area contributed by atoms with Crippen molar-refractivity contribution in [2.24, 2.45) is 0 Å². The van der Waals surface area contributed by atoms with Gasteiger partial charge in [0.25, 0.3) is 0 Å². The standard InChI is InChI=1S/C19H27FN2O3.ClH/c1-13(14-7-8-17(20)18(9-14)24-2)21-10-16-11-22(19(23)12-25-16)15-5-3-4-6-15;/h7-9,13,15-16,21H,3-6,10-12H2,1-2H3;1H/t13-,16?;/m1./s1. The number of halogens is 2. The molecule has 2 atom stereocenters. The number of hydrogen-bond acceptors (Lipinski definition) is 4. The Bertz CT molecular complexity index is 610. The second kappa shape index (κ2) is 9.53. The molecule has 1 aromatic rings. The van der Waals surface area contributed by atoms with E-state index in [1.165, 1.54) is 26.0 Å². The van der Waals surface area contributed by atoms with E-state index in [0.717, 1.165) is 18.4 Å². The number of carbonyl (C=O) groups is 1. The molecular weight excluding hydrogens is 359 g/mol. The van der Waals surface area contributed by atoms with Gasteiger partial charge in [0.1, 0.15) is 6.61 Å². The minimum absolute atomic E-state index is 0. The second-order valence-electron chi connectivity index (χ2n) is 6.94. The number of nitrogens with one attached hydrogen (secondary N) is 1. The monoisotopic (exact) mass is 386 g/mol. The number of amides is 1. The number of ether oxygens (including phenoxy) is 2. The zero-order valence-electron chi connectivity index (χ0n) is 15.4. The first-order valence-corrected chi connectivity index (χ1v) is 9.06. The number of carbonyl (C=O) groups excluding carboxylic acids is 1. The van der Waals surface area contributed by atoms with E-state index in [0.29, 0.717) is 19.1 Å². The molecule has 1 heterocycles. The van der Waals surface area contributed by atoms with Gasteiger partial charge in [-0.25, -0.2) is 4.39 Å². The lowest BCUT2D eigenvalue weighted by Gasteiger charge is -2.37. The van der Waals surface area contributed by atoms with E-state index in [1.54, 1.807) is 12.1 Å². The van der Waals surface area contributed by atoms with Crippen LogP contribution in [0, 0.1) is 5.82 Å². The lowest BCUT2D eigenvalue weighted by Crippen LogP contribution is -2.53. The Kier molecular flexibility index (Phi) is 7.68. The molecule has 1 aliphatic carbocycles. The maximum atomic E-state index is 13.5. The first kappa shape index (κ1) is 20.9. The first-order valence-electron chi connectivity index (χ1n) is 9.06. The van der Waals surface area contributed by atoms with E-state index < -0.39 is 0 Å². The Morgan fingerprint density at radius 1 is 1.38 bits per heavy atom. The Labute approximate surface area is 160 Å². The molecule has 146 valence electrons. The molecule has 5 nitrogen and oxygen atoms in total. The van der Waals surface area contributed by atoms with Crippen molar-refractivity contribution < 1.29 is 18.7 Å². The smallest absolute Gasteiger partial charge is 0.248 e. The van der Waals surface area contributed by atoms with Crippen LogP contribution in [0.25, 0.3) is 0 Å². The fraction of sp³-hybridized carbons (Fsp3) is 0.632. The van der Waals surface area contributed by atoms with Crippen molar-refractivity contribution in [3.05, 3.63) is 29.6 Å². The Morgan fingerprint density at radius 2 is 2.12 bits per heavy atom. The molecular formula is C19H28ClFN2O3. The van der Waals surface area contributed by atoms with Gasteiger partial charge in [-0.1, -0.05) is 18.9 Å². The highest BCUT2D eigenvalue weighted by Crippen LogP contribution is 2.26. The van der Waals surface area contributed by atoms with E-state index in [4.69, 9.17) is 9.47 Å². The van der Waals surface area contributed by atoms with Crippen LogP contribution in [0.4, 0.5) is 4.39 Å². The molecule has 0 radical (unpaired) electrons. The number of morpholine rings is 1. The van der Waals surface area contributed by atoms with E-state index >= 15 is 0 Å². The third kappa shape index (κ3) is 4.87.